The third-order valence-corrected chi connectivity index (χ3v) is 4.05. The summed E-state index contributed by atoms with van der Waals surface area (Å²) in [5, 5.41) is 3.41. The van der Waals surface area contributed by atoms with Crippen molar-refractivity contribution in [1.82, 2.24) is 10.2 Å². The smallest absolute Gasteiger partial charge is 0.0369 e. The van der Waals surface area contributed by atoms with Crippen LogP contribution in [-0.2, 0) is 6.54 Å². The van der Waals surface area contributed by atoms with Crippen molar-refractivity contribution in [2.75, 3.05) is 44.2 Å². The predicted molar refractivity (Wildman–Crippen MR) is 87.4 cm³/mol. The first kappa shape index (κ1) is 15.3. The molecule has 1 heterocycles. The van der Waals surface area contributed by atoms with Crippen LogP contribution in [0.25, 0.3) is 0 Å². The van der Waals surface area contributed by atoms with E-state index in [2.05, 4.69) is 53.2 Å². The molecule has 1 saturated heterocycles. The van der Waals surface area contributed by atoms with Gasteiger partial charge < -0.3 is 10.2 Å². The van der Waals surface area contributed by atoms with Crippen molar-refractivity contribution in [3.63, 3.8) is 0 Å². The highest BCUT2D eigenvalue weighted by atomic mass is 15.2. The summed E-state index contributed by atoms with van der Waals surface area (Å²) in [6.07, 6.45) is 2.53. The van der Waals surface area contributed by atoms with Gasteiger partial charge in [0.05, 0.1) is 0 Å². The molecular formula is C17H29N3. The summed E-state index contributed by atoms with van der Waals surface area (Å²) in [4.78, 5) is 5.03. The van der Waals surface area contributed by atoms with Crippen LogP contribution in [0.4, 0.5) is 5.69 Å². The van der Waals surface area contributed by atoms with Crippen molar-refractivity contribution in [2.24, 2.45) is 0 Å². The Kier molecular flexibility index (Phi) is 6.34. The van der Waals surface area contributed by atoms with Gasteiger partial charge in [-0.05, 0) is 31.0 Å². The number of hydrogen-bond acceptors (Lipinski definition) is 3. The van der Waals surface area contributed by atoms with Gasteiger partial charge in [-0.2, -0.15) is 0 Å². The van der Waals surface area contributed by atoms with Gasteiger partial charge in [-0.25, -0.2) is 0 Å². The number of rotatable bonds is 7. The first-order valence-electron chi connectivity index (χ1n) is 8.10. The van der Waals surface area contributed by atoms with Crippen LogP contribution >= 0.6 is 0 Å². The van der Waals surface area contributed by atoms with Gasteiger partial charge >= 0.3 is 0 Å². The van der Waals surface area contributed by atoms with Crippen molar-refractivity contribution in [2.45, 2.75) is 33.2 Å². The Labute approximate surface area is 124 Å². The maximum Gasteiger partial charge on any atom is 0.0369 e. The lowest BCUT2D eigenvalue weighted by Crippen LogP contribution is -2.42. The molecule has 0 radical (unpaired) electrons. The van der Waals surface area contributed by atoms with E-state index in [-0.39, 0.29) is 0 Å². The molecule has 2 rings (SSSR count). The fourth-order valence-corrected chi connectivity index (χ4v) is 2.80. The zero-order chi connectivity index (χ0) is 14.2. The average Bonchev–Trinajstić information content (AvgIpc) is 2.49. The third-order valence-electron chi connectivity index (χ3n) is 4.05. The number of hydrogen-bond donors (Lipinski definition) is 1. The molecule has 20 heavy (non-hydrogen) atoms. The van der Waals surface area contributed by atoms with E-state index in [0.29, 0.717) is 0 Å². The van der Waals surface area contributed by atoms with Crippen LogP contribution in [0.5, 0.6) is 0 Å². The molecule has 1 N–H and O–H groups in total. The molecule has 3 nitrogen and oxygen atoms in total. The Morgan fingerprint density at radius 3 is 2.70 bits per heavy atom. The lowest BCUT2D eigenvalue weighted by atomic mass is 10.1. The van der Waals surface area contributed by atoms with Crippen molar-refractivity contribution in [3.05, 3.63) is 29.8 Å². The number of anilines is 1. The summed E-state index contributed by atoms with van der Waals surface area (Å²) >= 11 is 0. The zero-order valence-electron chi connectivity index (χ0n) is 13.1. The lowest BCUT2D eigenvalue weighted by Gasteiger charge is -2.28. The molecular weight excluding hydrogens is 246 g/mol. The Morgan fingerprint density at radius 1 is 1.20 bits per heavy atom. The number of nitrogens with zero attached hydrogens (tertiary/aromatic N) is 2. The second-order valence-electron chi connectivity index (χ2n) is 5.63. The molecule has 0 atom stereocenters. The highest BCUT2D eigenvalue weighted by Gasteiger charge is 2.11. The van der Waals surface area contributed by atoms with Gasteiger partial charge in [0, 0.05) is 51.5 Å². The van der Waals surface area contributed by atoms with Gasteiger partial charge in [0.15, 0.2) is 0 Å². The maximum atomic E-state index is 3.41. The largest absolute Gasteiger partial charge is 0.372 e. The first-order valence-corrected chi connectivity index (χ1v) is 8.10. The van der Waals surface area contributed by atoms with Crippen molar-refractivity contribution in [3.8, 4) is 0 Å². The molecule has 0 unspecified atom stereocenters. The van der Waals surface area contributed by atoms with Gasteiger partial charge in [0.25, 0.3) is 0 Å². The summed E-state index contributed by atoms with van der Waals surface area (Å²) in [6.45, 7) is 12.4. The standard InChI is InChI=1S/C17H29N3/c1-3-5-11-20(4-2)17-8-6-7-16(14-17)15-19-12-9-18-10-13-19/h6-8,14,18H,3-5,9-13,15H2,1-2H3. The van der Waals surface area contributed by atoms with Gasteiger partial charge in [0.2, 0.25) is 0 Å². The molecule has 0 spiro atoms. The average molecular weight is 275 g/mol. The molecule has 0 amide bonds. The SMILES string of the molecule is CCCCN(CC)c1cccc(CN2CCNCC2)c1. The highest BCUT2D eigenvalue weighted by molar-refractivity contribution is 5.48. The van der Waals surface area contributed by atoms with E-state index >= 15 is 0 Å². The monoisotopic (exact) mass is 275 g/mol. The Bertz CT molecular complexity index is 386. The van der Waals surface area contributed by atoms with E-state index < -0.39 is 0 Å². The van der Waals surface area contributed by atoms with Crippen LogP contribution < -0.4 is 10.2 Å². The van der Waals surface area contributed by atoms with Crippen LogP contribution in [0.1, 0.15) is 32.3 Å². The van der Waals surface area contributed by atoms with Gasteiger partial charge in [0.1, 0.15) is 0 Å². The van der Waals surface area contributed by atoms with Crippen LogP contribution in [0.15, 0.2) is 24.3 Å². The quantitative estimate of drug-likeness (QED) is 0.825. The second-order valence-corrected chi connectivity index (χ2v) is 5.63. The molecule has 1 aliphatic rings. The number of nitrogens with one attached hydrogen (secondary N) is 1. The highest BCUT2D eigenvalue weighted by Crippen LogP contribution is 2.18. The van der Waals surface area contributed by atoms with E-state index in [9.17, 15) is 0 Å². The van der Waals surface area contributed by atoms with Crippen molar-refractivity contribution >= 4 is 5.69 Å². The summed E-state index contributed by atoms with van der Waals surface area (Å²) in [6, 6.07) is 9.10. The Hall–Kier alpha value is -1.06. The van der Waals surface area contributed by atoms with Crippen molar-refractivity contribution in [1.29, 1.82) is 0 Å². The molecule has 1 aliphatic heterocycles. The van der Waals surface area contributed by atoms with Gasteiger partial charge in [-0.1, -0.05) is 25.5 Å². The molecule has 0 aliphatic carbocycles. The van der Waals surface area contributed by atoms with Crippen molar-refractivity contribution < 1.29 is 0 Å². The minimum atomic E-state index is 1.08. The second kappa shape index (κ2) is 8.28. The Balaban J connectivity index is 1.98. The van der Waals surface area contributed by atoms with E-state index in [4.69, 9.17) is 0 Å². The van der Waals surface area contributed by atoms with Crippen LogP contribution in [0.2, 0.25) is 0 Å². The molecule has 3 heteroatoms. The fraction of sp³-hybridized carbons (Fsp3) is 0.647. The number of unbranched alkanes of at least 4 members (excludes halogenated alkanes) is 1. The summed E-state index contributed by atoms with van der Waals surface area (Å²) < 4.78 is 0. The van der Waals surface area contributed by atoms with Gasteiger partial charge in [-0.15, -0.1) is 0 Å². The number of benzene rings is 1. The maximum absolute atomic E-state index is 3.41. The normalized spacial score (nSPS) is 16.3. The molecule has 1 aromatic rings. The lowest BCUT2D eigenvalue weighted by molar-refractivity contribution is 0.233. The van der Waals surface area contributed by atoms with Crippen LogP contribution in [0.3, 0.4) is 0 Å². The van der Waals surface area contributed by atoms with Crippen LogP contribution in [0, 0.1) is 0 Å². The number of piperazine rings is 1. The molecule has 0 aromatic heterocycles. The molecule has 1 aromatic carbocycles. The van der Waals surface area contributed by atoms with E-state index in [0.717, 1.165) is 39.3 Å². The minimum Gasteiger partial charge on any atom is -0.372 e. The van der Waals surface area contributed by atoms with E-state index in [1.54, 1.807) is 0 Å². The van der Waals surface area contributed by atoms with E-state index in [1.807, 2.05) is 0 Å². The molecule has 112 valence electrons. The molecule has 0 bridgehead atoms. The molecule has 1 fully saturated rings. The topological polar surface area (TPSA) is 18.5 Å². The third kappa shape index (κ3) is 4.50. The predicted octanol–water partition coefficient (Wildman–Crippen LogP) is 2.72. The summed E-state index contributed by atoms with van der Waals surface area (Å²) in [5.41, 5.74) is 2.83. The van der Waals surface area contributed by atoms with Crippen LogP contribution in [-0.4, -0.2) is 44.2 Å². The summed E-state index contributed by atoms with van der Waals surface area (Å²) in [7, 11) is 0. The minimum absolute atomic E-state index is 1.08. The zero-order valence-corrected chi connectivity index (χ0v) is 13.1. The first-order chi connectivity index (χ1) is 9.83. The summed E-state index contributed by atoms with van der Waals surface area (Å²) in [5.74, 6) is 0. The fourth-order valence-electron chi connectivity index (χ4n) is 2.80. The van der Waals surface area contributed by atoms with E-state index in [1.165, 1.54) is 30.6 Å². The molecule has 0 saturated carbocycles. The van der Waals surface area contributed by atoms with Gasteiger partial charge in [-0.3, -0.25) is 4.90 Å². The Morgan fingerprint density at radius 2 is 2.00 bits per heavy atom.